The Kier molecular flexibility index (Phi) is 4.11. The number of benzene rings is 2. The zero-order chi connectivity index (χ0) is 17.1. The van der Waals surface area contributed by atoms with E-state index in [1.54, 1.807) is 42.6 Å². The number of nitrogens with one attached hydrogen (secondary N) is 1. The smallest absolute Gasteiger partial charge is 0.255 e. The Morgan fingerprint density at radius 1 is 1.08 bits per heavy atom. The molecule has 1 aromatic heterocycles. The van der Waals surface area contributed by atoms with Crippen molar-refractivity contribution < 1.29 is 14.0 Å². The van der Waals surface area contributed by atoms with Gasteiger partial charge in [0, 0.05) is 22.4 Å². The van der Waals surface area contributed by atoms with E-state index in [0.29, 0.717) is 22.9 Å². The number of oxazole rings is 1. The summed E-state index contributed by atoms with van der Waals surface area (Å²) in [7, 11) is 0. The number of aromatic nitrogens is 1. The topological polar surface area (TPSA) is 98.2 Å². The van der Waals surface area contributed by atoms with E-state index in [4.69, 9.17) is 10.2 Å². The van der Waals surface area contributed by atoms with Crippen LogP contribution >= 0.6 is 0 Å². The number of hydrogen-bond acceptors (Lipinski definition) is 4. The summed E-state index contributed by atoms with van der Waals surface area (Å²) in [6.45, 7) is 1.81. The Balaban J connectivity index is 1.82. The van der Waals surface area contributed by atoms with Gasteiger partial charge in [0.2, 0.25) is 11.8 Å². The Hall–Kier alpha value is -3.41. The molecule has 0 aliphatic carbocycles. The SMILES string of the molecule is Cc1cnc(-c2cccc(NC(=O)c3cccc(C(N)=O)c3)c2)o1. The molecule has 0 saturated carbocycles. The van der Waals surface area contributed by atoms with E-state index in [0.717, 1.165) is 5.56 Å². The molecule has 0 fully saturated rings. The van der Waals surface area contributed by atoms with E-state index in [-0.39, 0.29) is 11.5 Å². The molecule has 3 N–H and O–H groups in total. The summed E-state index contributed by atoms with van der Waals surface area (Å²) in [5.41, 5.74) is 7.22. The summed E-state index contributed by atoms with van der Waals surface area (Å²) in [5.74, 6) is 0.284. The number of primary amides is 1. The lowest BCUT2D eigenvalue weighted by Gasteiger charge is -2.07. The summed E-state index contributed by atoms with van der Waals surface area (Å²) in [4.78, 5) is 27.7. The molecule has 0 aliphatic heterocycles. The molecule has 120 valence electrons. The van der Waals surface area contributed by atoms with Crippen molar-refractivity contribution in [2.75, 3.05) is 5.32 Å². The molecule has 0 saturated heterocycles. The first-order valence-electron chi connectivity index (χ1n) is 7.27. The summed E-state index contributed by atoms with van der Waals surface area (Å²) in [6.07, 6.45) is 1.63. The number of carbonyl (C=O) groups is 2. The second-order valence-electron chi connectivity index (χ2n) is 5.26. The van der Waals surface area contributed by atoms with Crippen molar-refractivity contribution in [2.24, 2.45) is 5.73 Å². The third-order valence-electron chi connectivity index (χ3n) is 3.40. The fourth-order valence-corrected chi connectivity index (χ4v) is 2.24. The maximum atomic E-state index is 12.3. The van der Waals surface area contributed by atoms with Crippen molar-refractivity contribution in [2.45, 2.75) is 6.92 Å². The van der Waals surface area contributed by atoms with Crippen LogP contribution in [0.3, 0.4) is 0 Å². The van der Waals surface area contributed by atoms with Gasteiger partial charge in [0.05, 0.1) is 6.20 Å². The van der Waals surface area contributed by atoms with Crippen LogP contribution in [0.25, 0.3) is 11.5 Å². The highest BCUT2D eigenvalue weighted by molar-refractivity contribution is 6.06. The first-order chi connectivity index (χ1) is 11.5. The molecule has 0 aliphatic rings. The van der Waals surface area contributed by atoms with E-state index in [1.165, 1.54) is 6.07 Å². The van der Waals surface area contributed by atoms with E-state index in [9.17, 15) is 9.59 Å². The van der Waals surface area contributed by atoms with Gasteiger partial charge in [-0.05, 0) is 43.3 Å². The minimum atomic E-state index is -0.578. The predicted octanol–water partition coefficient (Wildman–Crippen LogP) is 3.00. The zero-order valence-electron chi connectivity index (χ0n) is 12.9. The second-order valence-corrected chi connectivity index (χ2v) is 5.26. The van der Waals surface area contributed by atoms with Crippen molar-refractivity contribution in [1.29, 1.82) is 0 Å². The molecule has 3 rings (SSSR count). The molecule has 0 bridgehead atoms. The number of hydrogen-bond donors (Lipinski definition) is 2. The predicted molar refractivity (Wildman–Crippen MR) is 89.6 cm³/mol. The molecule has 0 unspecified atom stereocenters. The molecule has 6 heteroatoms. The molecule has 0 radical (unpaired) electrons. The Bertz CT molecular complexity index is 915. The van der Waals surface area contributed by atoms with Crippen LogP contribution in [0.4, 0.5) is 5.69 Å². The van der Waals surface area contributed by atoms with E-state index >= 15 is 0 Å². The van der Waals surface area contributed by atoms with E-state index < -0.39 is 5.91 Å². The van der Waals surface area contributed by atoms with Crippen molar-refractivity contribution in [1.82, 2.24) is 4.98 Å². The molecule has 0 atom stereocenters. The molecule has 6 nitrogen and oxygen atoms in total. The van der Waals surface area contributed by atoms with Gasteiger partial charge in [-0.15, -0.1) is 0 Å². The first-order valence-corrected chi connectivity index (χ1v) is 7.27. The lowest BCUT2D eigenvalue weighted by Crippen LogP contribution is -2.15. The zero-order valence-corrected chi connectivity index (χ0v) is 12.9. The van der Waals surface area contributed by atoms with Gasteiger partial charge >= 0.3 is 0 Å². The number of nitrogens with zero attached hydrogens (tertiary/aromatic N) is 1. The molecule has 3 aromatic rings. The summed E-state index contributed by atoms with van der Waals surface area (Å²) >= 11 is 0. The van der Waals surface area contributed by atoms with Gasteiger partial charge < -0.3 is 15.5 Å². The maximum absolute atomic E-state index is 12.3. The minimum absolute atomic E-state index is 0.284. The molecular weight excluding hydrogens is 306 g/mol. The molecule has 0 spiro atoms. The summed E-state index contributed by atoms with van der Waals surface area (Å²) < 4.78 is 5.48. The highest BCUT2D eigenvalue weighted by atomic mass is 16.4. The number of nitrogens with two attached hydrogens (primary N) is 1. The highest BCUT2D eigenvalue weighted by Crippen LogP contribution is 2.22. The standard InChI is InChI=1S/C18H15N3O3/c1-11-10-20-18(24-11)14-6-3-7-15(9-14)21-17(23)13-5-2-4-12(8-13)16(19)22/h2-10H,1H3,(H2,19,22)(H,21,23). The minimum Gasteiger partial charge on any atom is -0.441 e. The first kappa shape index (κ1) is 15.5. The van der Waals surface area contributed by atoms with E-state index in [2.05, 4.69) is 10.3 Å². The summed E-state index contributed by atoms with van der Waals surface area (Å²) in [6, 6.07) is 13.4. The second kappa shape index (κ2) is 6.37. The largest absolute Gasteiger partial charge is 0.441 e. The van der Waals surface area contributed by atoms with Crippen LogP contribution < -0.4 is 11.1 Å². The molecular formula is C18H15N3O3. The normalized spacial score (nSPS) is 10.4. The molecule has 2 aromatic carbocycles. The monoisotopic (exact) mass is 321 g/mol. The van der Waals surface area contributed by atoms with Crippen LogP contribution in [0.1, 0.15) is 26.5 Å². The van der Waals surface area contributed by atoms with Gasteiger partial charge in [-0.2, -0.15) is 0 Å². The van der Waals surface area contributed by atoms with Crippen LogP contribution in [-0.4, -0.2) is 16.8 Å². The summed E-state index contributed by atoms with van der Waals surface area (Å²) in [5, 5.41) is 2.78. The third-order valence-corrected chi connectivity index (χ3v) is 3.40. The van der Waals surface area contributed by atoms with Crippen LogP contribution in [-0.2, 0) is 0 Å². The number of amides is 2. The lowest BCUT2D eigenvalue weighted by molar-refractivity contribution is 0.1000. The van der Waals surface area contributed by atoms with Gasteiger partial charge in [-0.3, -0.25) is 9.59 Å². The lowest BCUT2D eigenvalue weighted by atomic mass is 10.1. The van der Waals surface area contributed by atoms with Crippen molar-refractivity contribution >= 4 is 17.5 Å². The number of rotatable bonds is 4. The third kappa shape index (κ3) is 3.33. The number of carbonyl (C=O) groups excluding carboxylic acids is 2. The highest BCUT2D eigenvalue weighted by Gasteiger charge is 2.10. The fraction of sp³-hybridized carbons (Fsp3) is 0.0556. The maximum Gasteiger partial charge on any atom is 0.255 e. The van der Waals surface area contributed by atoms with Gasteiger partial charge in [0.15, 0.2) is 0 Å². The van der Waals surface area contributed by atoms with Crippen molar-refractivity contribution in [3.05, 3.63) is 71.6 Å². The quantitative estimate of drug-likeness (QED) is 0.771. The van der Waals surface area contributed by atoms with Crippen LogP contribution in [0.15, 0.2) is 59.1 Å². The molecule has 2 amide bonds. The fourth-order valence-electron chi connectivity index (χ4n) is 2.24. The van der Waals surface area contributed by atoms with Gasteiger partial charge in [-0.25, -0.2) is 4.98 Å². The van der Waals surface area contributed by atoms with Crippen LogP contribution in [0.5, 0.6) is 0 Å². The van der Waals surface area contributed by atoms with Crippen molar-refractivity contribution in [3.63, 3.8) is 0 Å². The Morgan fingerprint density at radius 2 is 1.83 bits per heavy atom. The number of aryl methyl sites for hydroxylation is 1. The average molecular weight is 321 g/mol. The Morgan fingerprint density at radius 3 is 2.54 bits per heavy atom. The van der Waals surface area contributed by atoms with Crippen molar-refractivity contribution in [3.8, 4) is 11.5 Å². The average Bonchev–Trinajstić information content (AvgIpc) is 3.02. The van der Waals surface area contributed by atoms with E-state index in [1.807, 2.05) is 13.0 Å². The van der Waals surface area contributed by atoms with Crippen LogP contribution in [0.2, 0.25) is 0 Å². The molecule has 1 heterocycles. The van der Waals surface area contributed by atoms with Gasteiger partial charge in [-0.1, -0.05) is 12.1 Å². The van der Waals surface area contributed by atoms with Gasteiger partial charge in [0.1, 0.15) is 5.76 Å². The van der Waals surface area contributed by atoms with Gasteiger partial charge in [0.25, 0.3) is 5.91 Å². The molecule has 24 heavy (non-hydrogen) atoms. The Labute approximate surface area is 138 Å². The van der Waals surface area contributed by atoms with Crippen LogP contribution in [0, 0.1) is 6.92 Å². The number of anilines is 1.